The maximum absolute atomic E-state index is 10.0. The lowest BCUT2D eigenvalue weighted by Crippen LogP contribution is -2.60. The molecule has 8 nitrogen and oxygen atoms in total. The predicted molar refractivity (Wildman–Crippen MR) is 67.0 cm³/mol. The zero-order chi connectivity index (χ0) is 15.3. The van der Waals surface area contributed by atoms with Crippen LogP contribution in [0.4, 0.5) is 0 Å². The van der Waals surface area contributed by atoms with Crippen molar-refractivity contribution < 1.29 is 39.4 Å². The fourth-order valence-electron chi connectivity index (χ4n) is 2.06. The molecule has 8 heteroatoms. The van der Waals surface area contributed by atoms with E-state index >= 15 is 0 Å². The van der Waals surface area contributed by atoms with E-state index in [1.54, 1.807) is 6.92 Å². The van der Waals surface area contributed by atoms with Gasteiger partial charge in [0.1, 0.15) is 30.5 Å². The van der Waals surface area contributed by atoms with Crippen LogP contribution in [-0.4, -0.2) is 90.8 Å². The van der Waals surface area contributed by atoms with E-state index in [-0.39, 0.29) is 6.61 Å². The molecule has 0 amide bonds. The van der Waals surface area contributed by atoms with Crippen molar-refractivity contribution in [2.24, 2.45) is 0 Å². The highest BCUT2D eigenvalue weighted by Crippen LogP contribution is 2.24. The van der Waals surface area contributed by atoms with Gasteiger partial charge in [0.15, 0.2) is 6.29 Å². The van der Waals surface area contributed by atoms with Crippen molar-refractivity contribution in [2.45, 2.75) is 49.8 Å². The van der Waals surface area contributed by atoms with E-state index in [0.717, 1.165) is 0 Å². The van der Waals surface area contributed by atoms with Crippen molar-refractivity contribution in [3.8, 4) is 0 Å². The number of ether oxygens (including phenoxy) is 4. The highest BCUT2D eigenvalue weighted by Gasteiger charge is 2.45. The van der Waals surface area contributed by atoms with Crippen molar-refractivity contribution >= 4 is 0 Å². The van der Waals surface area contributed by atoms with Gasteiger partial charge in [-0.3, -0.25) is 0 Å². The van der Waals surface area contributed by atoms with Crippen LogP contribution in [0.5, 0.6) is 0 Å². The molecular weight excluding hydrogens is 272 g/mol. The fraction of sp³-hybridized carbons (Fsp3) is 1.00. The van der Waals surface area contributed by atoms with Gasteiger partial charge in [-0.05, 0) is 6.92 Å². The molecule has 0 aromatic rings. The average Bonchev–Trinajstić information content (AvgIpc) is 2.42. The Morgan fingerprint density at radius 3 is 2.30 bits per heavy atom. The van der Waals surface area contributed by atoms with Crippen LogP contribution in [0, 0.1) is 0 Å². The predicted octanol–water partition coefficient (Wildman–Crippen LogP) is -2.15. The van der Waals surface area contributed by atoms with Crippen LogP contribution in [0.1, 0.15) is 6.92 Å². The van der Waals surface area contributed by atoms with Crippen LogP contribution in [0.3, 0.4) is 0 Å². The fourth-order valence-corrected chi connectivity index (χ4v) is 2.06. The van der Waals surface area contributed by atoms with Crippen LogP contribution in [-0.2, 0) is 18.9 Å². The molecule has 7 atom stereocenters. The quantitative estimate of drug-likeness (QED) is 0.420. The summed E-state index contributed by atoms with van der Waals surface area (Å²) in [7, 11) is 2.76. The first-order valence-corrected chi connectivity index (χ1v) is 6.44. The molecule has 0 aliphatic carbocycles. The second kappa shape index (κ2) is 8.20. The van der Waals surface area contributed by atoms with E-state index in [0.29, 0.717) is 0 Å². The number of hydrogen-bond donors (Lipinski definition) is 4. The van der Waals surface area contributed by atoms with Crippen molar-refractivity contribution in [3.63, 3.8) is 0 Å². The summed E-state index contributed by atoms with van der Waals surface area (Å²) in [6, 6.07) is 0. The van der Waals surface area contributed by atoms with Gasteiger partial charge >= 0.3 is 0 Å². The molecule has 120 valence electrons. The topological polar surface area (TPSA) is 118 Å². The molecular formula is C12H24O8. The molecule has 20 heavy (non-hydrogen) atoms. The van der Waals surface area contributed by atoms with Gasteiger partial charge in [0.25, 0.3) is 0 Å². The van der Waals surface area contributed by atoms with Crippen molar-refractivity contribution in [1.82, 2.24) is 0 Å². The number of hydrogen-bond acceptors (Lipinski definition) is 8. The lowest BCUT2D eigenvalue weighted by molar-refractivity contribution is -0.309. The molecule has 0 aromatic heterocycles. The molecule has 1 saturated heterocycles. The largest absolute Gasteiger partial charge is 0.394 e. The molecule has 1 heterocycles. The highest BCUT2D eigenvalue weighted by atomic mass is 16.7. The summed E-state index contributed by atoms with van der Waals surface area (Å²) in [5, 5.41) is 38.4. The molecule has 1 fully saturated rings. The maximum Gasteiger partial charge on any atom is 0.186 e. The second-order valence-electron chi connectivity index (χ2n) is 4.76. The van der Waals surface area contributed by atoms with Crippen LogP contribution in [0.2, 0.25) is 0 Å². The summed E-state index contributed by atoms with van der Waals surface area (Å²) in [5.74, 6) is 0. The molecule has 0 radical (unpaired) electrons. The van der Waals surface area contributed by atoms with Crippen molar-refractivity contribution in [3.05, 3.63) is 0 Å². The highest BCUT2D eigenvalue weighted by molar-refractivity contribution is 4.90. The Labute approximate surface area is 117 Å². The molecule has 0 aromatic carbocycles. The standard InChI is InChI=1S/C12H24O8/c1-6(14)8(17-2)5-19-12-10(16)11(18-3)9(15)7(4-13)20-12/h6-16H,4-5H2,1-3H3/t6-,7?,8?,9+,10?,11+,12-/m1/s1. The number of methoxy groups -OCH3 is 2. The van der Waals surface area contributed by atoms with Crippen molar-refractivity contribution in [1.29, 1.82) is 0 Å². The third-order valence-electron chi connectivity index (χ3n) is 3.36. The minimum Gasteiger partial charge on any atom is -0.394 e. The first-order chi connectivity index (χ1) is 9.46. The SMILES string of the molecule is COC(CO[C@@H]1OC(CO)[C@H](O)[C@H](OC)C1O)[C@@H](C)O. The van der Waals surface area contributed by atoms with Gasteiger partial charge in [-0.2, -0.15) is 0 Å². The molecule has 1 aliphatic rings. The summed E-state index contributed by atoms with van der Waals surface area (Å²) in [6.45, 7) is 1.10. The van der Waals surface area contributed by atoms with E-state index in [4.69, 9.17) is 24.1 Å². The Bertz CT molecular complexity index is 274. The summed E-state index contributed by atoms with van der Waals surface area (Å²) >= 11 is 0. The Morgan fingerprint density at radius 1 is 1.20 bits per heavy atom. The first kappa shape index (κ1) is 17.7. The van der Waals surface area contributed by atoms with Gasteiger partial charge in [0.2, 0.25) is 0 Å². The molecule has 1 rings (SSSR count). The summed E-state index contributed by atoms with van der Waals surface area (Å²) in [6.07, 6.45) is -6.64. The van der Waals surface area contributed by atoms with Gasteiger partial charge in [-0.15, -0.1) is 0 Å². The molecule has 0 bridgehead atoms. The zero-order valence-electron chi connectivity index (χ0n) is 11.9. The second-order valence-corrected chi connectivity index (χ2v) is 4.76. The Morgan fingerprint density at radius 2 is 1.85 bits per heavy atom. The van der Waals surface area contributed by atoms with Crippen LogP contribution in [0.15, 0.2) is 0 Å². The monoisotopic (exact) mass is 296 g/mol. The van der Waals surface area contributed by atoms with Gasteiger partial charge in [0, 0.05) is 14.2 Å². The third kappa shape index (κ3) is 4.09. The molecule has 1 aliphatic heterocycles. The van der Waals surface area contributed by atoms with Crippen molar-refractivity contribution in [2.75, 3.05) is 27.4 Å². The van der Waals surface area contributed by atoms with Crippen LogP contribution in [0.25, 0.3) is 0 Å². The van der Waals surface area contributed by atoms with Gasteiger partial charge in [-0.1, -0.05) is 0 Å². The third-order valence-corrected chi connectivity index (χ3v) is 3.36. The van der Waals surface area contributed by atoms with Gasteiger partial charge in [0.05, 0.1) is 19.3 Å². The Balaban J connectivity index is 2.63. The number of aliphatic hydroxyl groups excluding tert-OH is 4. The summed E-state index contributed by atoms with van der Waals surface area (Å²) in [5.41, 5.74) is 0. The van der Waals surface area contributed by atoms with Gasteiger partial charge in [-0.25, -0.2) is 0 Å². The van der Waals surface area contributed by atoms with Gasteiger partial charge < -0.3 is 39.4 Å². The Kier molecular flexibility index (Phi) is 7.27. The maximum atomic E-state index is 10.0. The minimum atomic E-state index is -1.22. The van der Waals surface area contributed by atoms with Crippen LogP contribution >= 0.6 is 0 Å². The van der Waals surface area contributed by atoms with Crippen LogP contribution < -0.4 is 0 Å². The molecule has 4 N–H and O–H groups in total. The molecule has 0 spiro atoms. The summed E-state index contributed by atoms with van der Waals surface area (Å²) in [4.78, 5) is 0. The number of aliphatic hydroxyl groups is 4. The van der Waals surface area contributed by atoms with E-state index in [1.165, 1.54) is 14.2 Å². The zero-order valence-corrected chi connectivity index (χ0v) is 11.9. The molecule has 0 saturated carbocycles. The lowest BCUT2D eigenvalue weighted by Gasteiger charge is -2.41. The van der Waals surface area contributed by atoms with E-state index < -0.39 is 49.5 Å². The summed E-state index contributed by atoms with van der Waals surface area (Å²) < 4.78 is 20.7. The smallest absolute Gasteiger partial charge is 0.186 e. The first-order valence-electron chi connectivity index (χ1n) is 6.44. The molecule has 3 unspecified atom stereocenters. The van der Waals surface area contributed by atoms with E-state index in [9.17, 15) is 15.3 Å². The van der Waals surface area contributed by atoms with E-state index in [2.05, 4.69) is 0 Å². The minimum absolute atomic E-state index is 0.0133. The lowest BCUT2D eigenvalue weighted by atomic mass is 9.99. The van der Waals surface area contributed by atoms with E-state index in [1.807, 2.05) is 0 Å². The number of rotatable bonds is 7. The Hall–Kier alpha value is -0.320. The normalized spacial score (nSPS) is 37.6. The average molecular weight is 296 g/mol.